The molecule has 0 bridgehead atoms. The largest absolute Gasteiger partial charge is 0.506 e. The molecule has 0 spiro atoms. The quantitative estimate of drug-likeness (QED) is 0.351. The molecule has 0 atom stereocenters. The lowest BCUT2D eigenvalue weighted by molar-refractivity contribution is -0.386. The Balaban J connectivity index is 1.68. The Morgan fingerprint density at radius 2 is 2.04 bits per heavy atom. The Labute approximate surface area is 164 Å². The van der Waals surface area contributed by atoms with Crippen molar-refractivity contribution in [1.82, 2.24) is 0 Å². The van der Waals surface area contributed by atoms with E-state index in [1.165, 1.54) is 42.5 Å². The lowest BCUT2D eigenvalue weighted by atomic mass is 10.2. The average Bonchev–Trinajstić information content (AvgIpc) is 3.12. The van der Waals surface area contributed by atoms with Gasteiger partial charge in [-0.05, 0) is 48.9 Å². The van der Waals surface area contributed by atoms with E-state index in [0.717, 1.165) is 5.56 Å². The van der Waals surface area contributed by atoms with Crippen LogP contribution in [-0.4, -0.2) is 15.9 Å². The van der Waals surface area contributed by atoms with Crippen molar-refractivity contribution >= 4 is 28.9 Å². The number of phenolic OH excluding ortho intramolecular Hbond substituents is 1. The number of carbonyl (C=O) groups is 1. The number of ether oxygens (including phenoxy) is 1. The molecule has 2 N–H and O–H groups in total. The highest BCUT2D eigenvalue weighted by Crippen LogP contribution is 2.29. The fourth-order valence-electron chi connectivity index (χ4n) is 2.41. The second-order valence-electron chi connectivity index (χ2n) is 5.90. The molecule has 0 fully saturated rings. The van der Waals surface area contributed by atoms with Gasteiger partial charge in [-0.3, -0.25) is 14.9 Å². The number of nitro groups is 1. The van der Waals surface area contributed by atoms with Crippen molar-refractivity contribution in [3.05, 3.63) is 80.8 Å². The topological polar surface area (TPSA) is 115 Å². The summed E-state index contributed by atoms with van der Waals surface area (Å²) < 4.78 is 10.9. The molecule has 1 aromatic heterocycles. The van der Waals surface area contributed by atoms with Crippen LogP contribution in [0.5, 0.6) is 11.5 Å². The van der Waals surface area contributed by atoms with E-state index in [2.05, 4.69) is 5.32 Å². The zero-order valence-corrected chi connectivity index (χ0v) is 15.4. The first kappa shape index (κ1) is 19.2. The third-order valence-electron chi connectivity index (χ3n) is 3.77. The van der Waals surface area contributed by atoms with Crippen molar-refractivity contribution in [2.45, 2.75) is 13.5 Å². The van der Waals surface area contributed by atoms with Gasteiger partial charge >= 0.3 is 5.69 Å². The van der Waals surface area contributed by atoms with Crippen LogP contribution in [0.4, 0.5) is 11.4 Å². The van der Waals surface area contributed by atoms with Crippen LogP contribution in [0.1, 0.15) is 21.9 Å². The number of nitro benzene ring substituents is 1. The average molecular weight is 403 g/mol. The normalized spacial score (nSPS) is 10.5. The molecule has 0 aliphatic rings. The van der Waals surface area contributed by atoms with Gasteiger partial charge < -0.3 is 19.6 Å². The molecule has 1 heterocycles. The Morgan fingerprint density at radius 3 is 2.79 bits per heavy atom. The van der Waals surface area contributed by atoms with Gasteiger partial charge in [0, 0.05) is 11.1 Å². The van der Waals surface area contributed by atoms with Crippen LogP contribution in [0.3, 0.4) is 0 Å². The van der Waals surface area contributed by atoms with Crippen LogP contribution >= 0.6 is 11.6 Å². The van der Waals surface area contributed by atoms with Gasteiger partial charge in [-0.1, -0.05) is 17.7 Å². The van der Waals surface area contributed by atoms with Crippen LogP contribution in [0.2, 0.25) is 5.02 Å². The number of nitrogens with one attached hydrogen (secondary N) is 1. The van der Waals surface area contributed by atoms with E-state index in [1.54, 1.807) is 13.0 Å². The van der Waals surface area contributed by atoms with Gasteiger partial charge in [-0.25, -0.2) is 0 Å². The molecule has 1 amide bonds. The van der Waals surface area contributed by atoms with Crippen molar-refractivity contribution in [1.29, 1.82) is 0 Å². The van der Waals surface area contributed by atoms with Crippen LogP contribution in [0.25, 0.3) is 0 Å². The fourth-order valence-corrected chi connectivity index (χ4v) is 2.58. The number of rotatable bonds is 6. The lowest BCUT2D eigenvalue weighted by Crippen LogP contribution is -2.11. The van der Waals surface area contributed by atoms with E-state index in [1.807, 2.05) is 0 Å². The molecule has 0 unspecified atom stereocenters. The molecule has 0 aliphatic heterocycles. The van der Waals surface area contributed by atoms with Crippen LogP contribution in [0.15, 0.2) is 52.9 Å². The third kappa shape index (κ3) is 4.41. The molecule has 28 heavy (non-hydrogen) atoms. The van der Waals surface area contributed by atoms with Gasteiger partial charge in [0.1, 0.15) is 18.1 Å². The summed E-state index contributed by atoms with van der Waals surface area (Å²) in [6.45, 7) is 1.64. The molecule has 8 nitrogen and oxygen atoms in total. The maximum Gasteiger partial charge on any atom is 0.311 e. The molecule has 0 radical (unpaired) electrons. The smallest absolute Gasteiger partial charge is 0.311 e. The molecule has 0 saturated heterocycles. The number of furan rings is 1. The molecule has 3 rings (SSSR count). The van der Waals surface area contributed by atoms with E-state index in [9.17, 15) is 20.0 Å². The third-order valence-corrected chi connectivity index (χ3v) is 4.01. The summed E-state index contributed by atoms with van der Waals surface area (Å²) in [6, 6.07) is 11.8. The molecule has 144 valence electrons. The Hall–Kier alpha value is -3.52. The zero-order valence-electron chi connectivity index (χ0n) is 14.6. The highest BCUT2D eigenvalue weighted by molar-refractivity contribution is 6.31. The van der Waals surface area contributed by atoms with Crippen molar-refractivity contribution in [3.8, 4) is 11.5 Å². The van der Waals surface area contributed by atoms with E-state index in [4.69, 9.17) is 20.8 Å². The first-order chi connectivity index (χ1) is 13.3. The number of aryl methyl sites for hydroxylation is 1. The van der Waals surface area contributed by atoms with Gasteiger partial charge in [0.05, 0.1) is 10.6 Å². The Bertz CT molecular complexity index is 1050. The van der Waals surface area contributed by atoms with Gasteiger partial charge in [-0.2, -0.15) is 0 Å². The highest BCUT2D eigenvalue weighted by atomic mass is 35.5. The molecule has 0 saturated carbocycles. The van der Waals surface area contributed by atoms with Crippen molar-refractivity contribution in [3.63, 3.8) is 0 Å². The Kier molecular flexibility index (Phi) is 5.51. The number of aromatic hydroxyl groups is 1. The fraction of sp³-hybridized carbons (Fsp3) is 0.105. The Morgan fingerprint density at radius 1 is 1.25 bits per heavy atom. The number of nitrogens with zero attached hydrogens (tertiary/aromatic N) is 1. The van der Waals surface area contributed by atoms with Gasteiger partial charge in [-0.15, -0.1) is 0 Å². The summed E-state index contributed by atoms with van der Waals surface area (Å²) in [6.07, 6.45) is 0. The number of benzene rings is 2. The maximum absolute atomic E-state index is 12.3. The number of halogens is 1. The highest BCUT2D eigenvalue weighted by Gasteiger charge is 2.17. The summed E-state index contributed by atoms with van der Waals surface area (Å²) in [7, 11) is 0. The van der Waals surface area contributed by atoms with E-state index >= 15 is 0 Å². The molecule has 0 aliphatic carbocycles. The summed E-state index contributed by atoms with van der Waals surface area (Å²) >= 11 is 5.84. The second-order valence-corrected chi connectivity index (χ2v) is 6.33. The molecular weight excluding hydrogens is 388 g/mol. The monoisotopic (exact) mass is 402 g/mol. The molecule has 2 aromatic carbocycles. The van der Waals surface area contributed by atoms with Gasteiger partial charge in [0.25, 0.3) is 5.91 Å². The van der Waals surface area contributed by atoms with Crippen LogP contribution in [-0.2, 0) is 6.61 Å². The lowest BCUT2D eigenvalue weighted by Gasteiger charge is -2.07. The van der Waals surface area contributed by atoms with E-state index in [0.29, 0.717) is 10.8 Å². The summed E-state index contributed by atoms with van der Waals surface area (Å²) in [5.41, 5.74) is 0.725. The molecular formula is C19H15ClN2O6. The van der Waals surface area contributed by atoms with Crippen LogP contribution in [0, 0.1) is 17.0 Å². The number of amides is 1. The van der Waals surface area contributed by atoms with Crippen molar-refractivity contribution < 1.29 is 24.0 Å². The number of hydrogen-bond acceptors (Lipinski definition) is 6. The summed E-state index contributed by atoms with van der Waals surface area (Å²) in [4.78, 5) is 22.9. The zero-order chi connectivity index (χ0) is 20.3. The minimum absolute atomic E-state index is 0.0172. The molecule has 9 heteroatoms. The van der Waals surface area contributed by atoms with E-state index in [-0.39, 0.29) is 35.2 Å². The maximum atomic E-state index is 12.3. The van der Waals surface area contributed by atoms with Crippen molar-refractivity contribution in [2.24, 2.45) is 0 Å². The van der Waals surface area contributed by atoms with Crippen molar-refractivity contribution in [2.75, 3.05) is 5.32 Å². The SMILES string of the molecule is Cc1ccc(OCc2ccc(C(=O)Nc3cc(Cl)ccc3O)o2)c([N+](=O)[O-])c1. The van der Waals surface area contributed by atoms with Crippen LogP contribution < -0.4 is 10.1 Å². The predicted molar refractivity (Wildman–Crippen MR) is 102 cm³/mol. The minimum atomic E-state index is -0.592. The standard InChI is InChI=1S/C19H15ClN2O6/c1-11-2-6-17(15(8-11)22(25)26)27-10-13-4-7-18(28-13)19(24)21-14-9-12(20)3-5-16(14)23/h2-9,23H,10H2,1H3,(H,21,24). The van der Waals surface area contributed by atoms with E-state index < -0.39 is 10.8 Å². The first-order valence-electron chi connectivity index (χ1n) is 8.10. The number of carbonyl (C=O) groups excluding carboxylic acids is 1. The minimum Gasteiger partial charge on any atom is -0.506 e. The van der Waals surface area contributed by atoms with Gasteiger partial charge in [0.2, 0.25) is 0 Å². The predicted octanol–water partition coefficient (Wildman–Crippen LogP) is 4.69. The molecule has 3 aromatic rings. The van der Waals surface area contributed by atoms with Gasteiger partial charge in [0.15, 0.2) is 11.5 Å². The second kappa shape index (κ2) is 8.01. The number of anilines is 1. The number of phenols is 1. The first-order valence-corrected chi connectivity index (χ1v) is 8.47. The summed E-state index contributed by atoms with van der Waals surface area (Å²) in [5.74, 6) is -0.349. The summed E-state index contributed by atoms with van der Waals surface area (Å²) in [5, 5.41) is 23.7. The number of hydrogen-bond donors (Lipinski definition) is 2.